The standard InChI is InChI=1S/C19H15Cl2F2N3O4/c20-11-1-2-13-12(8-11)18(4-6-25(17(29)30)16(28)19(18,22)23)9-26(13)15(27)10-3-5-24-14(21)7-10/h1-3,5,7-8,16,28H,4,6,9H2,(H,29,30). The summed E-state index contributed by atoms with van der Waals surface area (Å²) >= 11 is 11.9. The van der Waals surface area contributed by atoms with E-state index in [2.05, 4.69) is 4.98 Å². The summed E-state index contributed by atoms with van der Waals surface area (Å²) in [5, 5.41) is 19.6. The summed E-state index contributed by atoms with van der Waals surface area (Å²) in [7, 11) is 0. The van der Waals surface area contributed by atoms with Crippen molar-refractivity contribution in [2.45, 2.75) is 24.0 Å². The number of carbonyl (C=O) groups excluding carboxylic acids is 1. The van der Waals surface area contributed by atoms with Crippen molar-refractivity contribution in [1.29, 1.82) is 0 Å². The highest BCUT2D eigenvalue weighted by molar-refractivity contribution is 6.31. The van der Waals surface area contributed by atoms with E-state index in [4.69, 9.17) is 28.3 Å². The normalized spacial score (nSPS) is 24.8. The van der Waals surface area contributed by atoms with E-state index >= 15 is 8.78 Å². The Kier molecular flexibility index (Phi) is 4.87. The number of aliphatic hydroxyl groups excluding tert-OH is 1. The number of benzene rings is 1. The molecule has 30 heavy (non-hydrogen) atoms. The zero-order chi connectivity index (χ0) is 21.8. The van der Waals surface area contributed by atoms with Crippen LogP contribution in [0.1, 0.15) is 22.3 Å². The Bertz CT molecular complexity index is 1050. The minimum atomic E-state index is -3.88. The second-order valence-corrected chi connectivity index (χ2v) is 8.05. The number of pyridine rings is 1. The lowest BCUT2D eigenvalue weighted by atomic mass is 9.70. The van der Waals surface area contributed by atoms with Gasteiger partial charge >= 0.3 is 12.0 Å². The molecule has 2 atom stereocenters. The summed E-state index contributed by atoms with van der Waals surface area (Å²) in [5.41, 5.74) is -1.56. The Morgan fingerprint density at radius 1 is 1.20 bits per heavy atom. The van der Waals surface area contributed by atoms with E-state index in [9.17, 15) is 14.7 Å². The Labute approximate surface area is 179 Å². The maximum Gasteiger partial charge on any atom is 0.409 e. The van der Waals surface area contributed by atoms with Crippen LogP contribution in [0.2, 0.25) is 10.2 Å². The van der Waals surface area contributed by atoms with E-state index in [-0.39, 0.29) is 40.0 Å². The maximum absolute atomic E-state index is 15.5. The van der Waals surface area contributed by atoms with E-state index < -0.39 is 36.1 Å². The van der Waals surface area contributed by atoms with Gasteiger partial charge in [-0.05, 0) is 42.3 Å². The Morgan fingerprint density at radius 2 is 1.93 bits per heavy atom. The topological polar surface area (TPSA) is 94.0 Å². The molecule has 158 valence electrons. The van der Waals surface area contributed by atoms with Gasteiger partial charge < -0.3 is 15.1 Å². The van der Waals surface area contributed by atoms with Gasteiger partial charge in [-0.15, -0.1) is 0 Å². The largest absolute Gasteiger partial charge is 0.465 e. The Balaban J connectivity index is 1.83. The minimum absolute atomic E-state index is 0.0709. The third kappa shape index (κ3) is 2.91. The van der Waals surface area contributed by atoms with Crippen molar-refractivity contribution in [2.24, 2.45) is 0 Å². The minimum Gasteiger partial charge on any atom is -0.465 e. The third-order valence-electron chi connectivity index (χ3n) is 5.69. The van der Waals surface area contributed by atoms with Crippen molar-refractivity contribution < 1.29 is 28.6 Å². The van der Waals surface area contributed by atoms with Gasteiger partial charge in [0.2, 0.25) is 0 Å². The van der Waals surface area contributed by atoms with Crippen molar-refractivity contribution in [3.8, 4) is 0 Å². The third-order valence-corrected chi connectivity index (χ3v) is 6.14. The van der Waals surface area contributed by atoms with Crippen LogP contribution >= 0.6 is 23.2 Å². The SMILES string of the molecule is O=C(c1ccnc(Cl)c1)N1CC2(CCN(C(=O)O)C(O)C2(F)F)c2cc(Cl)ccc21. The number of carboxylic acid groups (broad SMARTS) is 1. The lowest BCUT2D eigenvalue weighted by Gasteiger charge is -2.47. The molecule has 2 N–H and O–H groups in total. The quantitative estimate of drug-likeness (QED) is 0.637. The molecule has 1 spiro atoms. The number of anilines is 1. The van der Waals surface area contributed by atoms with Gasteiger partial charge in [0, 0.05) is 35.6 Å². The Hall–Kier alpha value is -2.49. The van der Waals surface area contributed by atoms with Crippen LogP contribution in [0.3, 0.4) is 0 Å². The first-order valence-corrected chi connectivity index (χ1v) is 9.63. The molecule has 2 aromatic rings. The number of nitrogens with zero attached hydrogens (tertiary/aromatic N) is 3. The van der Waals surface area contributed by atoms with Gasteiger partial charge in [0.05, 0.1) is 5.41 Å². The van der Waals surface area contributed by atoms with Crippen LogP contribution in [0.25, 0.3) is 0 Å². The van der Waals surface area contributed by atoms with Crippen LogP contribution in [0.4, 0.5) is 19.3 Å². The molecule has 1 aromatic heterocycles. The van der Waals surface area contributed by atoms with Crippen molar-refractivity contribution in [1.82, 2.24) is 9.88 Å². The molecule has 1 aromatic carbocycles. The number of fused-ring (bicyclic) bond motifs is 2. The molecule has 11 heteroatoms. The van der Waals surface area contributed by atoms with Gasteiger partial charge in [0.1, 0.15) is 5.15 Å². The zero-order valence-electron chi connectivity index (χ0n) is 15.2. The number of piperidine rings is 1. The molecule has 2 amide bonds. The van der Waals surface area contributed by atoms with Crippen LogP contribution in [0, 0.1) is 0 Å². The molecule has 0 bridgehead atoms. The molecule has 0 aliphatic carbocycles. The number of aliphatic hydroxyl groups is 1. The number of hydrogen-bond donors (Lipinski definition) is 2. The maximum atomic E-state index is 15.5. The highest BCUT2D eigenvalue weighted by atomic mass is 35.5. The number of likely N-dealkylation sites (tertiary alicyclic amines) is 1. The molecule has 0 radical (unpaired) electrons. The zero-order valence-corrected chi connectivity index (χ0v) is 16.7. The van der Waals surface area contributed by atoms with Crippen molar-refractivity contribution in [3.05, 3.63) is 57.8 Å². The van der Waals surface area contributed by atoms with E-state index in [0.29, 0.717) is 4.90 Å². The van der Waals surface area contributed by atoms with Crippen LogP contribution in [0.5, 0.6) is 0 Å². The molecule has 7 nitrogen and oxygen atoms in total. The molecule has 2 unspecified atom stereocenters. The summed E-state index contributed by atoms with van der Waals surface area (Å²) in [6, 6.07) is 7.00. The molecule has 2 aliphatic rings. The number of aromatic nitrogens is 1. The number of carbonyl (C=O) groups is 2. The predicted molar refractivity (Wildman–Crippen MR) is 104 cm³/mol. The van der Waals surface area contributed by atoms with Crippen molar-refractivity contribution in [2.75, 3.05) is 18.0 Å². The second kappa shape index (κ2) is 7.04. The lowest BCUT2D eigenvalue weighted by molar-refractivity contribution is -0.226. The fourth-order valence-corrected chi connectivity index (χ4v) is 4.53. The first-order chi connectivity index (χ1) is 14.1. The highest BCUT2D eigenvalue weighted by Gasteiger charge is 2.67. The van der Waals surface area contributed by atoms with E-state index in [1.807, 2.05) is 0 Å². The number of hydrogen-bond acceptors (Lipinski definition) is 4. The first kappa shape index (κ1) is 20.8. The van der Waals surface area contributed by atoms with Crippen molar-refractivity contribution in [3.63, 3.8) is 0 Å². The molecule has 0 saturated carbocycles. The summed E-state index contributed by atoms with van der Waals surface area (Å²) in [6.07, 6.45) is -3.20. The summed E-state index contributed by atoms with van der Waals surface area (Å²) in [5.74, 6) is -4.46. The summed E-state index contributed by atoms with van der Waals surface area (Å²) in [4.78, 5) is 29.7. The Morgan fingerprint density at radius 3 is 2.60 bits per heavy atom. The van der Waals surface area contributed by atoms with Gasteiger partial charge in [-0.2, -0.15) is 0 Å². The molecular formula is C19H15Cl2F2N3O4. The summed E-state index contributed by atoms with van der Waals surface area (Å²) < 4.78 is 31.0. The average molecular weight is 458 g/mol. The van der Waals surface area contributed by atoms with Gasteiger partial charge in [-0.3, -0.25) is 9.69 Å². The van der Waals surface area contributed by atoms with E-state index in [1.54, 1.807) is 0 Å². The van der Waals surface area contributed by atoms with Gasteiger partial charge in [0.15, 0.2) is 6.23 Å². The predicted octanol–water partition coefficient (Wildman–Crippen LogP) is 3.62. The number of alkyl halides is 2. The molecule has 4 rings (SSSR count). The van der Waals surface area contributed by atoms with Gasteiger partial charge in [-0.1, -0.05) is 23.2 Å². The number of amides is 2. The molecule has 1 fully saturated rings. The van der Waals surface area contributed by atoms with Crippen LogP contribution in [0.15, 0.2) is 36.5 Å². The average Bonchev–Trinajstić information content (AvgIpc) is 3.01. The van der Waals surface area contributed by atoms with Crippen molar-refractivity contribution >= 4 is 40.9 Å². The van der Waals surface area contributed by atoms with Crippen LogP contribution in [-0.4, -0.2) is 57.3 Å². The molecular weight excluding hydrogens is 443 g/mol. The highest BCUT2D eigenvalue weighted by Crippen LogP contribution is 2.56. The monoisotopic (exact) mass is 457 g/mol. The van der Waals surface area contributed by atoms with E-state index in [1.165, 1.54) is 41.4 Å². The van der Waals surface area contributed by atoms with E-state index in [0.717, 1.165) is 0 Å². The number of halogens is 4. The number of rotatable bonds is 1. The van der Waals surface area contributed by atoms with Gasteiger partial charge in [-0.25, -0.2) is 18.6 Å². The van der Waals surface area contributed by atoms with Crippen LogP contribution in [-0.2, 0) is 5.41 Å². The summed E-state index contributed by atoms with van der Waals surface area (Å²) in [6.45, 7) is -0.792. The molecule has 1 saturated heterocycles. The fraction of sp³-hybridized carbons (Fsp3) is 0.316. The first-order valence-electron chi connectivity index (χ1n) is 8.87. The smallest absolute Gasteiger partial charge is 0.409 e. The lowest BCUT2D eigenvalue weighted by Crippen LogP contribution is -2.66. The van der Waals surface area contributed by atoms with Gasteiger partial charge in [0.25, 0.3) is 5.91 Å². The second-order valence-electron chi connectivity index (χ2n) is 7.22. The molecule has 2 aliphatic heterocycles. The molecule has 3 heterocycles. The van der Waals surface area contributed by atoms with Crippen LogP contribution < -0.4 is 4.90 Å². The fourth-order valence-electron chi connectivity index (χ4n) is 4.18.